The average molecular weight is 133 g/mol. The molecule has 0 heterocycles. The molecule has 0 amide bonds. The second kappa shape index (κ2) is 5.28. The molecule has 0 unspecified atom stereocenters. The maximum Gasteiger partial charge on any atom is 0.321 e. The molecule has 2 nitrogen and oxygen atoms in total. The molecule has 0 aromatic rings. The molecule has 0 aromatic carbocycles. The molecule has 0 aliphatic heterocycles. The fourth-order valence-corrected chi connectivity index (χ4v) is 1.44. The Hall–Kier alpha value is 0.137. The summed E-state index contributed by atoms with van der Waals surface area (Å²) in [6.07, 6.45) is 2.07. The van der Waals surface area contributed by atoms with Gasteiger partial charge in [-0.15, -0.1) is 0 Å². The van der Waals surface area contributed by atoms with Crippen molar-refractivity contribution in [3.05, 3.63) is 6.42 Å². The van der Waals surface area contributed by atoms with E-state index >= 15 is 0 Å². The third-order valence-electron chi connectivity index (χ3n) is 0.954. The van der Waals surface area contributed by atoms with Crippen molar-refractivity contribution in [2.24, 2.45) is 0 Å². The van der Waals surface area contributed by atoms with Gasteiger partial charge < -0.3 is 8.85 Å². The minimum atomic E-state index is -1.25. The Morgan fingerprint density at radius 3 is 2.00 bits per heavy atom. The quantitative estimate of drug-likeness (QED) is 0.526. The van der Waals surface area contributed by atoms with E-state index in [0.29, 0.717) is 0 Å². The van der Waals surface area contributed by atoms with Crippen LogP contribution in [0.1, 0.15) is 6.92 Å². The number of hydrogen-bond acceptors (Lipinski definition) is 2. The number of rotatable bonds is 4. The molecule has 0 rings (SSSR count). The molecule has 3 heteroatoms. The first-order valence-electron chi connectivity index (χ1n) is 2.68. The second-order valence-corrected chi connectivity index (χ2v) is 3.82. The highest BCUT2D eigenvalue weighted by Crippen LogP contribution is 1.95. The van der Waals surface area contributed by atoms with Gasteiger partial charge in [0.1, 0.15) is 0 Å². The summed E-state index contributed by atoms with van der Waals surface area (Å²) in [6.45, 7) is 2.01. The fourth-order valence-electron chi connectivity index (χ4n) is 0.481. The molecule has 0 saturated carbocycles. The van der Waals surface area contributed by atoms with Crippen LogP contribution >= 0.6 is 0 Å². The highest BCUT2D eigenvalue weighted by molar-refractivity contribution is 6.44. The molecular formula is C5H13O2Si. The van der Waals surface area contributed by atoms with Crippen molar-refractivity contribution < 1.29 is 8.85 Å². The zero-order chi connectivity index (χ0) is 6.41. The normalized spacial score (nSPS) is 10.5. The van der Waals surface area contributed by atoms with Gasteiger partial charge in [0.15, 0.2) is 0 Å². The van der Waals surface area contributed by atoms with E-state index in [2.05, 4.69) is 6.42 Å². The summed E-state index contributed by atoms with van der Waals surface area (Å²) in [5.74, 6) is 0. The van der Waals surface area contributed by atoms with Crippen LogP contribution in [0.5, 0.6) is 0 Å². The summed E-state index contributed by atoms with van der Waals surface area (Å²) in [6, 6.07) is 0.993. The van der Waals surface area contributed by atoms with Crippen molar-refractivity contribution in [2.75, 3.05) is 14.2 Å². The van der Waals surface area contributed by atoms with Gasteiger partial charge in [0.2, 0.25) is 0 Å². The monoisotopic (exact) mass is 133 g/mol. The standard InChI is InChI=1S/C5H13O2Si/c1-4-5-8(6-2)7-3/h4,8H,5H2,1-3H3. The smallest absolute Gasteiger partial charge is 0.321 e. The molecule has 0 atom stereocenters. The molecule has 8 heavy (non-hydrogen) atoms. The summed E-state index contributed by atoms with van der Waals surface area (Å²) in [7, 11) is 2.15. The lowest BCUT2D eigenvalue weighted by Gasteiger charge is -2.07. The van der Waals surface area contributed by atoms with Gasteiger partial charge >= 0.3 is 9.28 Å². The van der Waals surface area contributed by atoms with Crippen molar-refractivity contribution in [2.45, 2.75) is 13.0 Å². The Labute approximate surface area is 52.7 Å². The first-order valence-corrected chi connectivity index (χ1v) is 4.44. The lowest BCUT2D eigenvalue weighted by Crippen LogP contribution is -2.17. The molecule has 0 bridgehead atoms. The zero-order valence-corrected chi connectivity index (χ0v) is 6.83. The van der Waals surface area contributed by atoms with Gasteiger partial charge in [-0.05, 0) is 12.5 Å². The summed E-state index contributed by atoms with van der Waals surface area (Å²) in [5.41, 5.74) is 0. The van der Waals surface area contributed by atoms with E-state index in [4.69, 9.17) is 8.85 Å². The first kappa shape index (κ1) is 8.14. The highest BCUT2D eigenvalue weighted by atomic mass is 28.3. The van der Waals surface area contributed by atoms with E-state index in [1.54, 1.807) is 14.2 Å². The van der Waals surface area contributed by atoms with Crippen LogP contribution in [0.2, 0.25) is 6.04 Å². The molecule has 0 spiro atoms. The summed E-state index contributed by atoms with van der Waals surface area (Å²) < 4.78 is 10.1. The first-order chi connectivity index (χ1) is 3.85. The van der Waals surface area contributed by atoms with Crippen molar-refractivity contribution >= 4 is 9.28 Å². The van der Waals surface area contributed by atoms with Gasteiger partial charge in [0.05, 0.1) is 0 Å². The van der Waals surface area contributed by atoms with E-state index < -0.39 is 9.28 Å². The predicted octanol–water partition coefficient (Wildman–Crippen LogP) is 0.724. The lowest BCUT2D eigenvalue weighted by atomic mass is 10.6. The molecule has 1 radical (unpaired) electrons. The van der Waals surface area contributed by atoms with Gasteiger partial charge in [-0.25, -0.2) is 0 Å². The highest BCUT2D eigenvalue weighted by Gasteiger charge is 2.05. The van der Waals surface area contributed by atoms with Crippen molar-refractivity contribution in [3.8, 4) is 0 Å². The Kier molecular flexibility index (Phi) is 5.37. The molecule has 0 aliphatic carbocycles. The zero-order valence-electron chi connectivity index (χ0n) is 5.68. The lowest BCUT2D eigenvalue weighted by molar-refractivity contribution is 0.280. The molecule has 0 saturated heterocycles. The molecule has 0 aliphatic rings. The Morgan fingerprint density at radius 2 is 1.88 bits per heavy atom. The maximum atomic E-state index is 5.03. The third-order valence-corrected chi connectivity index (χ3v) is 2.86. The van der Waals surface area contributed by atoms with Crippen LogP contribution < -0.4 is 0 Å². The summed E-state index contributed by atoms with van der Waals surface area (Å²) >= 11 is 0. The van der Waals surface area contributed by atoms with E-state index in [1.165, 1.54) is 0 Å². The van der Waals surface area contributed by atoms with Crippen molar-refractivity contribution in [1.82, 2.24) is 0 Å². The minimum absolute atomic E-state index is 0.993. The van der Waals surface area contributed by atoms with Crippen LogP contribution in [0, 0.1) is 6.42 Å². The molecule has 0 fully saturated rings. The van der Waals surface area contributed by atoms with E-state index in [0.717, 1.165) is 6.04 Å². The Bertz CT molecular complexity index is 45.7. The van der Waals surface area contributed by atoms with Gasteiger partial charge in [-0.1, -0.05) is 6.92 Å². The maximum absolute atomic E-state index is 5.03. The average Bonchev–Trinajstić information content (AvgIpc) is 1.83. The van der Waals surface area contributed by atoms with Crippen LogP contribution in [-0.2, 0) is 8.85 Å². The second-order valence-electron chi connectivity index (χ2n) is 1.54. The predicted molar refractivity (Wildman–Crippen MR) is 35.9 cm³/mol. The van der Waals surface area contributed by atoms with Crippen LogP contribution in [0.15, 0.2) is 0 Å². The van der Waals surface area contributed by atoms with Crippen LogP contribution in [-0.4, -0.2) is 23.5 Å². The van der Waals surface area contributed by atoms with Gasteiger partial charge in [-0.3, -0.25) is 0 Å². The molecular weight excluding hydrogens is 120 g/mol. The van der Waals surface area contributed by atoms with Crippen molar-refractivity contribution in [1.29, 1.82) is 0 Å². The van der Waals surface area contributed by atoms with Crippen LogP contribution in [0.3, 0.4) is 0 Å². The molecule has 49 valence electrons. The van der Waals surface area contributed by atoms with Crippen LogP contribution in [0.25, 0.3) is 0 Å². The largest absolute Gasteiger partial charge is 0.400 e. The SMILES string of the molecule is C[CH]C[SiH](OC)OC. The van der Waals surface area contributed by atoms with Crippen LogP contribution in [0.4, 0.5) is 0 Å². The Balaban J connectivity index is 3.07. The molecule has 0 N–H and O–H groups in total. The summed E-state index contributed by atoms with van der Waals surface area (Å²) in [4.78, 5) is 0. The van der Waals surface area contributed by atoms with E-state index in [-0.39, 0.29) is 0 Å². The summed E-state index contributed by atoms with van der Waals surface area (Å²) in [5, 5.41) is 0. The van der Waals surface area contributed by atoms with Crippen molar-refractivity contribution in [3.63, 3.8) is 0 Å². The van der Waals surface area contributed by atoms with E-state index in [9.17, 15) is 0 Å². The minimum Gasteiger partial charge on any atom is -0.400 e. The van der Waals surface area contributed by atoms with Gasteiger partial charge in [0.25, 0.3) is 0 Å². The van der Waals surface area contributed by atoms with Gasteiger partial charge in [0, 0.05) is 14.2 Å². The van der Waals surface area contributed by atoms with E-state index in [1.807, 2.05) is 6.92 Å². The third kappa shape index (κ3) is 3.18. The fraction of sp³-hybridized carbons (Fsp3) is 0.800. The topological polar surface area (TPSA) is 18.5 Å². The van der Waals surface area contributed by atoms with Gasteiger partial charge in [-0.2, -0.15) is 0 Å². The molecule has 0 aromatic heterocycles. The Morgan fingerprint density at radius 1 is 1.38 bits per heavy atom. The number of hydrogen-bond donors (Lipinski definition) is 0.